The maximum atomic E-state index is 13.5. The van der Waals surface area contributed by atoms with Crippen molar-refractivity contribution in [2.24, 2.45) is 0 Å². The van der Waals surface area contributed by atoms with E-state index in [0.29, 0.717) is 25.4 Å². The standard InChI is InChI=1S/C26H33N3O5S/c1-19-8-5-12-24(20(19)2)27-25(30)18-28(17-22-10-7-15-34-22)26(31)21-9-6-11-23(16-21)35(32,33)29-13-3-4-14-29/h5-6,8-9,11-12,16,22H,3-4,7,10,13-15,17-18H2,1-2H3,(H,27,30)/t22-/m0/s1. The first-order valence-electron chi connectivity index (χ1n) is 12.1. The highest BCUT2D eigenvalue weighted by Gasteiger charge is 2.29. The Morgan fingerprint density at radius 3 is 2.54 bits per heavy atom. The number of benzene rings is 2. The Labute approximate surface area is 207 Å². The van der Waals surface area contributed by atoms with E-state index in [1.807, 2.05) is 32.0 Å². The normalized spacial score (nSPS) is 18.5. The summed E-state index contributed by atoms with van der Waals surface area (Å²) in [6.45, 7) is 5.63. The second kappa shape index (κ2) is 10.9. The number of nitrogens with one attached hydrogen (secondary N) is 1. The van der Waals surface area contributed by atoms with Crippen LogP contribution in [-0.2, 0) is 19.6 Å². The zero-order valence-electron chi connectivity index (χ0n) is 20.3. The van der Waals surface area contributed by atoms with Gasteiger partial charge in [0.2, 0.25) is 15.9 Å². The van der Waals surface area contributed by atoms with E-state index in [4.69, 9.17) is 4.74 Å². The number of ether oxygens (including phenoxy) is 1. The lowest BCUT2D eigenvalue weighted by atomic mass is 10.1. The summed E-state index contributed by atoms with van der Waals surface area (Å²) < 4.78 is 33.2. The molecule has 2 aliphatic rings. The number of aryl methyl sites for hydroxylation is 1. The van der Waals surface area contributed by atoms with E-state index in [0.717, 1.165) is 36.8 Å². The van der Waals surface area contributed by atoms with Gasteiger partial charge in [-0.15, -0.1) is 0 Å². The second-order valence-electron chi connectivity index (χ2n) is 9.26. The van der Waals surface area contributed by atoms with Crippen molar-refractivity contribution in [1.82, 2.24) is 9.21 Å². The van der Waals surface area contributed by atoms with Crippen molar-refractivity contribution in [2.75, 3.05) is 38.1 Å². The molecule has 2 aromatic carbocycles. The van der Waals surface area contributed by atoms with Gasteiger partial charge in [-0.1, -0.05) is 18.2 Å². The van der Waals surface area contributed by atoms with Crippen LogP contribution in [0.2, 0.25) is 0 Å². The smallest absolute Gasteiger partial charge is 0.254 e. The molecule has 1 N–H and O–H groups in total. The molecular formula is C26H33N3O5S. The van der Waals surface area contributed by atoms with Crippen LogP contribution in [0.1, 0.15) is 47.2 Å². The fourth-order valence-electron chi connectivity index (χ4n) is 4.55. The molecule has 2 saturated heterocycles. The van der Waals surface area contributed by atoms with Crippen molar-refractivity contribution in [3.8, 4) is 0 Å². The van der Waals surface area contributed by atoms with Gasteiger partial charge < -0.3 is 15.0 Å². The van der Waals surface area contributed by atoms with E-state index in [1.165, 1.54) is 21.3 Å². The van der Waals surface area contributed by atoms with Crippen LogP contribution >= 0.6 is 0 Å². The highest BCUT2D eigenvalue weighted by Crippen LogP contribution is 2.23. The van der Waals surface area contributed by atoms with Crippen molar-refractivity contribution in [3.63, 3.8) is 0 Å². The summed E-state index contributed by atoms with van der Waals surface area (Å²) in [5.74, 6) is -0.707. The number of carbonyl (C=O) groups excluding carboxylic acids is 2. The molecule has 2 heterocycles. The number of amides is 2. The minimum Gasteiger partial charge on any atom is -0.376 e. The van der Waals surface area contributed by atoms with Crippen LogP contribution in [0.3, 0.4) is 0 Å². The molecule has 2 fully saturated rings. The lowest BCUT2D eigenvalue weighted by Crippen LogP contribution is -2.42. The summed E-state index contributed by atoms with van der Waals surface area (Å²) in [5, 5.41) is 2.91. The van der Waals surface area contributed by atoms with Crippen molar-refractivity contribution < 1.29 is 22.7 Å². The lowest BCUT2D eigenvalue weighted by molar-refractivity contribution is -0.117. The van der Waals surface area contributed by atoms with Gasteiger partial charge in [-0.25, -0.2) is 8.42 Å². The summed E-state index contributed by atoms with van der Waals surface area (Å²) in [5.41, 5.74) is 2.98. The van der Waals surface area contributed by atoms with E-state index in [2.05, 4.69) is 5.32 Å². The quantitative estimate of drug-likeness (QED) is 0.601. The Morgan fingerprint density at radius 1 is 1.09 bits per heavy atom. The number of anilines is 1. The predicted molar refractivity (Wildman–Crippen MR) is 134 cm³/mol. The maximum Gasteiger partial charge on any atom is 0.254 e. The molecule has 0 aliphatic carbocycles. The number of sulfonamides is 1. The molecule has 9 heteroatoms. The molecule has 4 rings (SSSR count). The monoisotopic (exact) mass is 499 g/mol. The van der Waals surface area contributed by atoms with Crippen molar-refractivity contribution in [2.45, 2.75) is 50.5 Å². The Hall–Kier alpha value is -2.75. The molecule has 188 valence electrons. The van der Waals surface area contributed by atoms with Gasteiger partial charge in [0.25, 0.3) is 5.91 Å². The van der Waals surface area contributed by atoms with Crippen LogP contribution in [0.5, 0.6) is 0 Å². The Balaban J connectivity index is 1.55. The molecule has 0 saturated carbocycles. The molecule has 0 aromatic heterocycles. The molecule has 35 heavy (non-hydrogen) atoms. The van der Waals surface area contributed by atoms with E-state index in [1.54, 1.807) is 12.1 Å². The fourth-order valence-corrected chi connectivity index (χ4v) is 6.12. The first-order chi connectivity index (χ1) is 16.8. The first kappa shape index (κ1) is 25.3. The Bertz CT molecular complexity index is 1190. The molecule has 2 aromatic rings. The van der Waals surface area contributed by atoms with Crippen LogP contribution in [0.25, 0.3) is 0 Å². The summed E-state index contributed by atoms with van der Waals surface area (Å²) in [7, 11) is -3.66. The summed E-state index contributed by atoms with van der Waals surface area (Å²) in [4.78, 5) is 28.0. The molecule has 0 radical (unpaired) electrons. The molecule has 2 amide bonds. The second-order valence-corrected chi connectivity index (χ2v) is 11.2. The summed E-state index contributed by atoms with van der Waals surface area (Å²) in [6.07, 6.45) is 3.24. The zero-order valence-corrected chi connectivity index (χ0v) is 21.1. The van der Waals surface area contributed by atoms with Gasteiger partial charge in [-0.3, -0.25) is 9.59 Å². The highest BCUT2D eigenvalue weighted by molar-refractivity contribution is 7.89. The van der Waals surface area contributed by atoms with Gasteiger partial charge in [0.15, 0.2) is 0 Å². The number of hydrogen-bond donors (Lipinski definition) is 1. The van der Waals surface area contributed by atoms with E-state index in [-0.39, 0.29) is 35.6 Å². The average molecular weight is 500 g/mol. The van der Waals surface area contributed by atoms with Gasteiger partial charge in [0.05, 0.1) is 11.0 Å². The Morgan fingerprint density at radius 2 is 1.83 bits per heavy atom. The first-order valence-corrected chi connectivity index (χ1v) is 13.6. The van der Waals surface area contributed by atoms with Gasteiger partial charge in [-0.05, 0) is 74.9 Å². The minimum absolute atomic E-state index is 0.0992. The van der Waals surface area contributed by atoms with Gasteiger partial charge >= 0.3 is 0 Å². The third kappa shape index (κ3) is 5.91. The SMILES string of the molecule is Cc1cccc(NC(=O)CN(C[C@@H]2CCCO2)C(=O)c2cccc(S(=O)(=O)N3CCCC3)c2)c1C. The van der Waals surface area contributed by atoms with Gasteiger partial charge in [0, 0.05) is 37.5 Å². The van der Waals surface area contributed by atoms with Crippen LogP contribution < -0.4 is 5.32 Å². The average Bonchev–Trinajstić information content (AvgIpc) is 3.56. The third-order valence-electron chi connectivity index (χ3n) is 6.73. The van der Waals surface area contributed by atoms with Crippen molar-refractivity contribution >= 4 is 27.5 Å². The summed E-state index contributed by atoms with van der Waals surface area (Å²) in [6, 6.07) is 11.8. The Kier molecular flexibility index (Phi) is 7.88. The molecule has 0 unspecified atom stereocenters. The molecular weight excluding hydrogens is 466 g/mol. The molecule has 1 atom stereocenters. The predicted octanol–water partition coefficient (Wildman–Crippen LogP) is 3.35. The molecule has 8 nitrogen and oxygen atoms in total. The number of carbonyl (C=O) groups is 2. The molecule has 0 bridgehead atoms. The molecule has 0 spiro atoms. The minimum atomic E-state index is -3.66. The van der Waals surface area contributed by atoms with E-state index >= 15 is 0 Å². The fraction of sp³-hybridized carbons (Fsp3) is 0.462. The topological polar surface area (TPSA) is 96.0 Å². The lowest BCUT2D eigenvalue weighted by Gasteiger charge is -2.25. The van der Waals surface area contributed by atoms with Gasteiger partial charge in [0.1, 0.15) is 6.54 Å². The van der Waals surface area contributed by atoms with Crippen LogP contribution in [0, 0.1) is 13.8 Å². The van der Waals surface area contributed by atoms with Gasteiger partial charge in [-0.2, -0.15) is 4.31 Å². The van der Waals surface area contributed by atoms with Crippen molar-refractivity contribution in [1.29, 1.82) is 0 Å². The number of nitrogens with zero attached hydrogens (tertiary/aromatic N) is 2. The molecule has 2 aliphatic heterocycles. The maximum absolute atomic E-state index is 13.5. The highest BCUT2D eigenvalue weighted by atomic mass is 32.2. The van der Waals surface area contributed by atoms with Crippen LogP contribution in [-0.4, -0.2) is 68.3 Å². The van der Waals surface area contributed by atoms with E-state index in [9.17, 15) is 18.0 Å². The van der Waals surface area contributed by atoms with Crippen LogP contribution in [0.15, 0.2) is 47.4 Å². The van der Waals surface area contributed by atoms with E-state index < -0.39 is 15.9 Å². The largest absolute Gasteiger partial charge is 0.376 e. The van der Waals surface area contributed by atoms with Crippen molar-refractivity contribution in [3.05, 3.63) is 59.2 Å². The zero-order chi connectivity index (χ0) is 25.0. The van der Waals surface area contributed by atoms with Crippen LogP contribution in [0.4, 0.5) is 5.69 Å². The number of hydrogen-bond acceptors (Lipinski definition) is 5. The number of rotatable bonds is 8. The summed E-state index contributed by atoms with van der Waals surface area (Å²) >= 11 is 0. The third-order valence-corrected chi connectivity index (χ3v) is 8.63.